The second kappa shape index (κ2) is 8.70. The van der Waals surface area contributed by atoms with Gasteiger partial charge in [0.05, 0.1) is 18.6 Å². The van der Waals surface area contributed by atoms with Crippen molar-refractivity contribution in [3.05, 3.63) is 46.1 Å². The van der Waals surface area contributed by atoms with E-state index in [1.807, 2.05) is 12.3 Å². The number of pyridine rings is 2. The summed E-state index contributed by atoms with van der Waals surface area (Å²) in [4.78, 5) is 16.5. The fraction of sp³-hybridized carbons (Fsp3) is 0.474. The Kier molecular flexibility index (Phi) is 6.86. The van der Waals surface area contributed by atoms with Crippen LogP contribution >= 0.6 is 10.6 Å². The van der Waals surface area contributed by atoms with Crippen molar-refractivity contribution in [2.45, 2.75) is 38.9 Å². The van der Waals surface area contributed by atoms with Crippen molar-refractivity contribution in [2.24, 2.45) is 7.05 Å². The fourth-order valence-electron chi connectivity index (χ4n) is 2.75. The third kappa shape index (κ3) is 4.87. The van der Waals surface area contributed by atoms with Gasteiger partial charge in [0.15, 0.2) is 5.75 Å². The number of nitrogens with zero attached hydrogens (tertiary/aromatic N) is 2. The van der Waals surface area contributed by atoms with Gasteiger partial charge in [0.25, 0.3) is 5.56 Å². The van der Waals surface area contributed by atoms with Crippen LogP contribution in [0.4, 0.5) is 0 Å². The predicted octanol–water partition coefficient (Wildman–Crippen LogP) is 4.07. The Bertz CT molecular complexity index is 818. The van der Waals surface area contributed by atoms with E-state index in [4.69, 9.17) is 4.74 Å². The van der Waals surface area contributed by atoms with E-state index in [9.17, 15) is 13.9 Å². The minimum Gasteiger partial charge on any atom is -0.491 e. The van der Waals surface area contributed by atoms with E-state index in [-0.39, 0.29) is 17.1 Å². The van der Waals surface area contributed by atoms with E-state index in [2.05, 4.69) is 11.9 Å². The molecule has 144 valence electrons. The molecule has 0 bridgehead atoms. The van der Waals surface area contributed by atoms with Crippen LogP contribution in [-0.4, -0.2) is 31.5 Å². The fourth-order valence-corrected chi connectivity index (χ4v) is 3.59. The summed E-state index contributed by atoms with van der Waals surface area (Å²) in [5, 5.41) is 0. The molecule has 0 saturated carbocycles. The van der Waals surface area contributed by atoms with Crippen LogP contribution in [0.15, 0.2) is 29.3 Å². The third-order valence-electron chi connectivity index (χ3n) is 4.37. The van der Waals surface area contributed by atoms with Gasteiger partial charge >= 0.3 is 0 Å². The molecule has 0 fully saturated rings. The van der Waals surface area contributed by atoms with Crippen LogP contribution < -0.4 is 10.3 Å². The highest BCUT2D eigenvalue weighted by molar-refractivity contribution is 8.23. The molecule has 2 N–H and O–H groups in total. The van der Waals surface area contributed by atoms with Gasteiger partial charge in [-0.25, -0.2) is 0 Å². The molecule has 2 heterocycles. The first-order chi connectivity index (χ1) is 12.3. The lowest BCUT2D eigenvalue weighted by atomic mass is 9.98. The zero-order valence-electron chi connectivity index (χ0n) is 15.9. The zero-order chi connectivity index (χ0) is 19.3. The molecule has 0 radical (unpaired) electrons. The lowest BCUT2D eigenvalue weighted by molar-refractivity contribution is 0.405. The number of hydrogen-bond donors (Lipinski definition) is 2. The topological polar surface area (TPSA) is 84.6 Å². The second-order valence-corrected chi connectivity index (χ2v) is 8.86. The number of ether oxygens (including phenoxy) is 1. The minimum atomic E-state index is -2.67. The summed E-state index contributed by atoms with van der Waals surface area (Å²) in [5.74, 6) is 0.713. The maximum Gasteiger partial charge on any atom is 0.292 e. The van der Waals surface area contributed by atoms with Crippen molar-refractivity contribution < 1.29 is 13.8 Å². The summed E-state index contributed by atoms with van der Waals surface area (Å²) in [6.07, 6.45) is 6.55. The molecular formula is C19H28N2O4S. The number of unbranched alkanes of at least 4 members (excludes halogenated alkanes) is 1. The standard InChI is InChI=1S/C19H28N2O4S/c1-5-7-8-14-11-20-16(13-26(23,24)6-2)10-17(14)15-9-18(25-4)19(22)21(3)12-15/h9-12,23-24H,5-8,13H2,1-4H3. The molecule has 0 unspecified atom stereocenters. The maximum atomic E-state index is 12.1. The van der Waals surface area contributed by atoms with E-state index >= 15 is 0 Å². The van der Waals surface area contributed by atoms with Crippen LogP contribution in [0.25, 0.3) is 11.1 Å². The summed E-state index contributed by atoms with van der Waals surface area (Å²) in [7, 11) is 0.498. The van der Waals surface area contributed by atoms with Gasteiger partial charge < -0.3 is 9.30 Å². The molecule has 0 aromatic carbocycles. The molecule has 2 aromatic heterocycles. The van der Waals surface area contributed by atoms with Crippen LogP contribution in [-0.2, 0) is 19.2 Å². The number of aromatic nitrogens is 2. The minimum absolute atomic E-state index is 0.132. The van der Waals surface area contributed by atoms with Gasteiger partial charge in [-0.1, -0.05) is 13.3 Å². The van der Waals surface area contributed by atoms with Crippen molar-refractivity contribution in [1.82, 2.24) is 9.55 Å². The Balaban J connectivity index is 2.56. The second-order valence-electron chi connectivity index (χ2n) is 6.38. The molecular weight excluding hydrogens is 352 g/mol. The largest absolute Gasteiger partial charge is 0.491 e. The van der Waals surface area contributed by atoms with Crippen LogP contribution in [0.1, 0.15) is 37.9 Å². The van der Waals surface area contributed by atoms with Crippen LogP contribution in [0.3, 0.4) is 0 Å². The van der Waals surface area contributed by atoms with E-state index in [0.717, 1.165) is 36.0 Å². The van der Waals surface area contributed by atoms with Crippen LogP contribution in [0, 0.1) is 0 Å². The first kappa shape index (κ1) is 20.5. The smallest absolute Gasteiger partial charge is 0.292 e. The summed E-state index contributed by atoms with van der Waals surface area (Å²) >= 11 is 0. The Labute approximate surface area is 156 Å². The molecule has 2 aromatic rings. The van der Waals surface area contributed by atoms with Gasteiger partial charge in [-0.05, 0) is 43.0 Å². The Morgan fingerprint density at radius 3 is 2.62 bits per heavy atom. The SMILES string of the molecule is CCCCc1cnc(CS(O)(O)CC)cc1-c1cc(OC)c(=O)n(C)c1. The van der Waals surface area contributed by atoms with E-state index in [1.165, 1.54) is 11.7 Å². The summed E-state index contributed by atoms with van der Waals surface area (Å²) in [6, 6.07) is 3.63. The van der Waals surface area contributed by atoms with Crippen molar-refractivity contribution in [3.63, 3.8) is 0 Å². The first-order valence-electron chi connectivity index (χ1n) is 8.77. The van der Waals surface area contributed by atoms with Crippen molar-refractivity contribution in [3.8, 4) is 16.9 Å². The van der Waals surface area contributed by atoms with E-state index in [1.54, 1.807) is 26.2 Å². The lowest BCUT2D eigenvalue weighted by Crippen LogP contribution is -2.18. The normalized spacial score (nSPS) is 12.2. The van der Waals surface area contributed by atoms with Crippen molar-refractivity contribution >= 4 is 10.6 Å². The molecule has 26 heavy (non-hydrogen) atoms. The molecule has 0 spiro atoms. The first-order valence-corrected chi connectivity index (χ1v) is 10.7. The molecule has 7 heteroatoms. The highest BCUT2D eigenvalue weighted by atomic mass is 32.3. The average Bonchev–Trinajstić information content (AvgIpc) is 2.62. The molecule has 0 aliphatic heterocycles. The Morgan fingerprint density at radius 2 is 2.00 bits per heavy atom. The van der Waals surface area contributed by atoms with Gasteiger partial charge in [-0.15, -0.1) is 0 Å². The third-order valence-corrected chi connectivity index (χ3v) is 6.05. The Hall–Kier alpha value is -1.83. The van der Waals surface area contributed by atoms with Gasteiger partial charge in [0, 0.05) is 30.8 Å². The molecule has 0 atom stereocenters. The number of rotatable bonds is 8. The Morgan fingerprint density at radius 1 is 1.27 bits per heavy atom. The number of hydrogen-bond acceptors (Lipinski definition) is 5. The molecule has 0 aliphatic rings. The van der Waals surface area contributed by atoms with Gasteiger partial charge in [-0.3, -0.25) is 18.9 Å². The highest BCUT2D eigenvalue weighted by Gasteiger charge is 2.16. The van der Waals surface area contributed by atoms with Crippen LogP contribution in [0.2, 0.25) is 0 Å². The predicted molar refractivity (Wildman–Crippen MR) is 107 cm³/mol. The van der Waals surface area contributed by atoms with Crippen molar-refractivity contribution in [1.29, 1.82) is 0 Å². The molecule has 0 aliphatic carbocycles. The highest BCUT2D eigenvalue weighted by Crippen LogP contribution is 2.42. The van der Waals surface area contributed by atoms with E-state index < -0.39 is 10.6 Å². The average molecular weight is 381 g/mol. The van der Waals surface area contributed by atoms with Crippen molar-refractivity contribution in [2.75, 3.05) is 12.9 Å². The van der Waals surface area contributed by atoms with Gasteiger partial charge in [0.1, 0.15) is 0 Å². The monoisotopic (exact) mass is 380 g/mol. The van der Waals surface area contributed by atoms with Gasteiger partial charge in [0.2, 0.25) is 0 Å². The number of aryl methyl sites for hydroxylation is 2. The summed E-state index contributed by atoms with van der Waals surface area (Å²) < 4.78 is 26.8. The number of methoxy groups -OCH3 is 1. The summed E-state index contributed by atoms with van der Waals surface area (Å²) in [6.45, 7) is 3.89. The molecule has 2 rings (SSSR count). The quantitative estimate of drug-likeness (QED) is 0.721. The molecule has 0 saturated heterocycles. The summed E-state index contributed by atoms with van der Waals surface area (Å²) in [5.41, 5.74) is 3.32. The molecule has 0 amide bonds. The zero-order valence-corrected chi connectivity index (χ0v) is 16.7. The van der Waals surface area contributed by atoms with E-state index in [0.29, 0.717) is 11.4 Å². The van der Waals surface area contributed by atoms with Crippen LogP contribution in [0.5, 0.6) is 5.75 Å². The lowest BCUT2D eigenvalue weighted by Gasteiger charge is -2.30. The molecule has 6 nitrogen and oxygen atoms in total. The van der Waals surface area contributed by atoms with Gasteiger partial charge in [-0.2, -0.15) is 10.6 Å². The maximum absolute atomic E-state index is 12.1.